The number of ether oxygens (including phenoxy) is 1. The summed E-state index contributed by atoms with van der Waals surface area (Å²) >= 11 is 0. The van der Waals surface area contributed by atoms with Gasteiger partial charge >= 0.3 is 0 Å². The van der Waals surface area contributed by atoms with E-state index < -0.39 is 11.9 Å². The van der Waals surface area contributed by atoms with Gasteiger partial charge in [-0.1, -0.05) is 31.2 Å². The molecule has 2 atom stereocenters. The number of carbonyl (C=O) groups excluding carboxylic acids is 1. The third kappa shape index (κ3) is 4.59. The van der Waals surface area contributed by atoms with Gasteiger partial charge < -0.3 is 10.1 Å². The number of hydrogen-bond donors (Lipinski definition) is 1. The van der Waals surface area contributed by atoms with E-state index in [-0.39, 0.29) is 17.7 Å². The molecule has 0 spiro atoms. The monoisotopic (exact) mass is 343 g/mol. The van der Waals surface area contributed by atoms with Gasteiger partial charge in [-0.2, -0.15) is 0 Å². The number of benzene rings is 2. The molecule has 134 valence electrons. The van der Waals surface area contributed by atoms with Crippen LogP contribution in [0.1, 0.15) is 48.6 Å². The second kappa shape index (κ2) is 8.15. The molecule has 0 aliphatic carbocycles. The van der Waals surface area contributed by atoms with Crippen molar-refractivity contribution in [3.05, 3.63) is 64.5 Å². The first-order valence-corrected chi connectivity index (χ1v) is 8.62. The quantitative estimate of drug-likeness (QED) is 0.819. The molecule has 0 bridgehead atoms. The molecule has 25 heavy (non-hydrogen) atoms. The zero-order chi connectivity index (χ0) is 18.6. The van der Waals surface area contributed by atoms with E-state index in [1.54, 1.807) is 12.1 Å². The molecule has 0 radical (unpaired) electrons. The Hall–Kier alpha value is -2.36. The van der Waals surface area contributed by atoms with Gasteiger partial charge in [0.05, 0.1) is 6.04 Å². The number of nitrogens with one attached hydrogen (secondary N) is 1. The van der Waals surface area contributed by atoms with Gasteiger partial charge in [0.2, 0.25) is 0 Å². The van der Waals surface area contributed by atoms with Crippen LogP contribution < -0.4 is 10.1 Å². The first kappa shape index (κ1) is 19.0. The lowest BCUT2D eigenvalue weighted by Crippen LogP contribution is -2.39. The Morgan fingerprint density at radius 2 is 1.76 bits per heavy atom. The topological polar surface area (TPSA) is 38.3 Å². The molecule has 0 aromatic heterocycles. The molecule has 2 rings (SSSR count). The Morgan fingerprint density at radius 3 is 2.40 bits per heavy atom. The lowest BCUT2D eigenvalue weighted by atomic mass is 9.96. The van der Waals surface area contributed by atoms with Gasteiger partial charge in [-0.25, -0.2) is 4.39 Å². The Kier molecular flexibility index (Phi) is 6.18. The van der Waals surface area contributed by atoms with Gasteiger partial charge in [0, 0.05) is 0 Å². The zero-order valence-electron chi connectivity index (χ0n) is 15.5. The van der Waals surface area contributed by atoms with Crippen molar-refractivity contribution in [3.8, 4) is 5.75 Å². The van der Waals surface area contributed by atoms with Crippen LogP contribution in [0.2, 0.25) is 0 Å². The van der Waals surface area contributed by atoms with Crippen molar-refractivity contribution in [1.82, 2.24) is 5.32 Å². The van der Waals surface area contributed by atoms with Gasteiger partial charge in [0.15, 0.2) is 17.7 Å². The van der Waals surface area contributed by atoms with Crippen LogP contribution in [-0.4, -0.2) is 12.0 Å². The van der Waals surface area contributed by atoms with Crippen LogP contribution in [0.4, 0.5) is 4.39 Å². The van der Waals surface area contributed by atoms with Gasteiger partial charge in [-0.15, -0.1) is 0 Å². The normalized spacial score (nSPS) is 13.2. The van der Waals surface area contributed by atoms with Crippen LogP contribution in [0.15, 0.2) is 36.4 Å². The van der Waals surface area contributed by atoms with E-state index in [2.05, 4.69) is 31.3 Å². The summed E-state index contributed by atoms with van der Waals surface area (Å²) < 4.78 is 19.3. The molecule has 0 saturated carbocycles. The fraction of sp³-hybridized carbons (Fsp3) is 0.381. The fourth-order valence-electron chi connectivity index (χ4n) is 2.85. The summed E-state index contributed by atoms with van der Waals surface area (Å²) in [5, 5.41) is 2.99. The molecule has 4 heteroatoms. The number of hydrogen-bond acceptors (Lipinski definition) is 2. The number of aryl methyl sites for hydroxylation is 3. The smallest absolute Gasteiger partial charge is 0.261 e. The Morgan fingerprint density at radius 1 is 1.12 bits per heavy atom. The summed E-state index contributed by atoms with van der Waals surface area (Å²) in [7, 11) is 0. The summed E-state index contributed by atoms with van der Waals surface area (Å²) in [6, 6.07) is 10.2. The van der Waals surface area contributed by atoms with Crippen molar-refractivity contribution in [2.45, 2.75) is 53.2 Å². The Labute approximate surface area is 149 Å². The van der Waals surface area contributed by atoms with Crippen molar-refractivity contribution in [3.63, 3.8) is 0 Å². The van der Waals surface area contributed by atoms with Crippen LogP contribution in [0.25, 0.3) is 0 Å². The molecule has 0 unspecified atom stereocenters. The maximum Gasteiger partial charge on any atom is 0.261 e. The Bertz CT molecular complexity index is 758. The van der Waals surface area contributed by atoms with E-state index in [1.165, 1.54) is 23.3 Å². The van der Waals surface area contributed by atoms with E-state index in [0.29, 0.717) is 6.42 Å². The number of amides is 1. The molecular formula is C21H26FNO2. The highest BCUT2D eigenvalue weighted by molar-refractivity contribution is 5.81. The number of rotatable bonds is 6. The molecule has 0 aliphatic rings. The number of carbonyl (C=O) groups is 1. The second-order valence-corrected chi connectivity index (χ2v) is 6.47. The molecule has 3 nitrogen and oxygen atoms in total. The highest BCUT2D eigenvalue weighted by atomic mass is 19.1. The predicted octanol–water partition coefficient (Wildman–Crippen LogP) is 4.79. The Balaban J connectivity index is 2.11. The van der Waals surface area contributed by atoms with Gasteiger partial charge in [-0.3, -0.25) is 4.79 Å². The predicted molar refractivity (Wildman–Crippen MR) is 98.3 cm³/mol. The molecular weight excluding hydrogens is 317 g/mol. The molecule has 0 aliphatic heterocycles. The maximum atomic E-state index is 13.8. The molecule has 2 aromatic carbocycles. The minimum Gasteiger partial charge on any atom is -0.478 e. The zero-order valence-corrected chi connectivity index (χ0v) is 15.5. The molecule has 0 saturated heterocycles. The third-order valence-electron chi connectivity index (χ3n) is 4.48. The van der Waals surface area contributed by atoms with Crippen molar-refractivity contribution in [2.24, 2.45) is 0 Å². The van der Waals surface area contributed by atoms with Crippen LogP contribution in [-0.2, 0) is 4.79 Å². The van der Waals surface area contributed by atoms with Crippen LogP contribution in [0.5, 0.6) is 5.75 Å². The molecule has 1 amide bonds. The minimum absolute atomic E-state index is 0.0968. The minimum atomic E-state index is -0.730. The summed E-state index contributed by atoms with van der Waals surface area (Å²) in [6.07, 6.45) is -0.273. The largest absolute Gasteiger partial charge is 0.478 e. The summed E-state index contributed by atoms with van der Waals surface area (Å²) in [5.41, 5.74) is 4.64. The number of para-hydroxylation sites is 1. The molecule has 2 aromatic rings. The van der Waals surface area contributed by atoms with E-state index in [9.17, 15) is 9.18 Å². The van der Waals surface area contributed by atoms with Crippen molar-refractivity contribution in [1.29, 1.82) is 0 Å². The van der Waals surface area contributed by atoms with E-state index in [1.807, 2.05) is 20.8 Å². The summed E-state index contributed by atoms with van der Waals surface area (Å²) in [5.74, 6) is -0.609. The van der Waals surface area contributed by atoms with Crippen molar-refractivity contribution in [2.75, 3.05) is 0 Å². The van der Waals surface area contributed by atoms with Crippen LogP contribution in [0, 0.1) is 26.6 Å². The second-order valence-electron chi connectivity index (χ2n) is 6.47. The SMILES string of the molecule is CC[C@@H](Oc1ccccc1F)C(=O)N[C@H](C)c1cc(C)c(C)cc1C. The van der Waals surface area contributed by atoms with Gasteiger partial charge in [0.1, 0.15) is 0 Å². The average Bonchev–Trinajstić information content (AvgIpc) is 2.57. The summed E-state index contributed by atoms with van der Waals surface area (Å²) in [4.78, 5) is 12.6. The lowest BCUT2D eigenvalue weighted by Gasteiger charge is -2.22. The van der Waals surface area contributed by atoms with Crippen molar-refractivity contribution < 1.29 is 13.9 Å². The fourth-order valence-corrected chi connectivity index (χ4v) is 2.85. The molecule has 0 heterocycles. The van der Waals surface area contributed by atoms with Gasteiger partial charge in [-0.05, 0) is 68.5 Å². The molecule has 0 fully saturated rings. The standard InChI is InChI=1S/C21H26FNO2/c1-6-19(25-20-10-8-7-9-18(20)22)21(24)23-16(5)17-12-14(3)13(2)11-15(17)4/h7-12,16,19H,6H2,1-5H3,(H,23,24)/t16-,19-/m1/s1. The van der Waals surface area contributed by atoms with E-state index >= 15 is 0 Å². The first-order chi connectivity index (χ1) is 11.8. The highest BCUT2D eigenvalue weighted by Gasteiger charge is 2.22. The lowest BCUT2D eigenvalue weighted by molar-refractivity contribution is -0.128. The third-order valence-corrected chi connectivity index (χ3v) is 4.48. The maximum absolute atomic E-state index is 13.8. The summed E-state index contributed by atoms with van der Waals surface area (Å²) in [6.45, 7) is 9.97. The van der Waals surface area contributed by atoms with E-state index in [0.717, 1.165) is 11.1 Å². The number of halogens is 1. The average molecular weight is 343 g/mol. The molecule has 1 N–H and O–H groups in total. The first-order valence-electron chi connectivity index (χ1n) is 8.62. The van der Waals surface area contributed by atoms with Crippen molar-refractivity contribution >= 4 is 5.91 Å². The van der Waals surface area contributed by atoms with Crippen LogP contribution in [0.3, 0.4) is 0 Å². The van der Waals surface area contributed by atoms with Gasteiger partial charge in [0.25, 0.3) is 5.91 Å². The van der Waals surface area contributed by atoms with E-state index in [4.69, 9.17) is 4.74 Å². The highest BCUT2D eigenvalue weighted by Crippen LogP contribution is 2.23. The van der Waals surface area contributed by atoms with Crippen LogP contribution >= 0.6 is 0 Å².